The van der Waals surface area contributed by atoms with Crippen molar-refractivity contribution in [1.29, 1.82) is 0 Å². The number of carbonyl (C=O) groups excluding carboxylic acids is 2. The smallest absolute Gasteiger partial charge is 0.315 e. The van der Waals surface area contributed by atoms with Crippen LogP contribution in [0.25, 0.3) is 0 Å². The molecule has 2 aromatic carbocycles. The van der Waals surface area contributed by atoms with Gasteiger partial charge in [-0.2, -0.15) is 0 Å². The molecule has 28 heavy (non-hydrogen) atoms. The van der Waals surface area contributed by atoms with Crippen LogP contribution >= 0.6 is 11.6 Å². The maximum absolute atomic E-state index is 13.6. The van der Waals surface area contributed by atoms with E-state index in [1.165, 1.54) is 23.2 Å². The first-order valence-electron chi connectivity index (χ1n) is 8.83. The fourth-order valence-corrected chi connectivity index (χ4v) is 3.15. The number of carbonyl (C=O) groups is 2. The number of nitrogens with one attached hydrogen (secondary N) is 2. The molecule has 0 bridgehead atoms. The zero-order valence-electron chi connectivity index (χ0n) is 15.1. The van der Waals surface area contributed by atoms with E-state index in [0.29, 0.717) is 36.0 Å². The summed E-state index contributed by atoms with van der Waals surface area (Å²) in [6.45, 7) is 1.14. The summed E-state index contributed by atoms with van der Waals surface area (Å²) in [4.78, 5) is 24.5. The maximum atomic E-state index is 13.6. The van der Waals surface area contributed by atoms with Gasteiger partial charge >= 0.3 is 6.03 Å². The lowest BCUT2D eigenvalue weighted by atomic mass is 10.2. The molecule has 0 aromatic heterocycles. The SMILES string of the molecule is Nc1ccc(CNC(=O)NCC(=O)N2CCCN2c2cc(F)ccc2Cl)cc1. The van der Waals surface area contributed by atoms with Gasteiger partial charge in [-0.15, -0.1) is 0 Å². The van der Waals surface area contributed by atoms with Crippen molar-refractivity contribution in [2.24, 2.45) is 0 Å². The van der Waals surface area contributed by atoms with Gasteiger partial charge in [0.05, 0.1) is 10.7 Å². The van der Waals surface area contributed by atoms with Crippen molar-refractivity contribution in [1.82, 2.24) is 15.6 Å². The summed E-state index contributed by atoms with van der Waals surface area (Å²) < 4.78 is 13.6. The average Bonchev–Trinajstić information content (AvgIpc) is 3.17. The highest BCUT2D eigenvalue weighted by Gasteiger charge is 2.28. The van der Waals surface area contributed by atoms with Crippen LogP contribution in [-0.4, -0.2) is 36.6 Å². The third-order valence-electron chi connectivity index (χ3n) is 4.34. The summed E-state index contributed by atoms with van der Waals surface area (Å²) in [5.74, 6) is -0.737. The zero-order chi connectivity index (χ0) is 20.1. The van der Waals surface area contributed by atoms with Crippen molar-refractivity contribution in [3.63, 3.8) is 0 Å². The van der Waals surface area contributed by atoms with Crippen molar-refractivity contribution in [3.8, 4) is 0 Å². The highest BCUT2D eigenvalue weighted by atomic mass is 35.5. The predicted octanol–water partition coefficient (Wildman–Crippen LogP) is 2.51. The van der Waals surface area contributed by atoms with E-state index in [9.17, 15) is 14.0 Å². The molecule has 0 aliphatic carbocycles. The third kappa shape index (κ3) is 4.83. The van der Waals surface area contributed by atoms with E-state index in [1.807, 2.05) is 12.1 Å². The summed E-state index contributed by atoms with van der Waals surface area (Å²) >= 11 is 6.15. The van der Waals surface area contributed by atoms with Crippen LogP contribution in [0.1, 0.15) is 12.0 Å². The Morgan fingerprint density at radius 2 is 1.86 bits per heavy atom. The van der Waals surface area contributed by atoms with E-state index in [2.05, 4.69) is 10.6 Å². The predicted molar refractivity (Wildman–Crippen MR) is 106 cm³/mol. The monoisotopic (exact) mass is 405 g/mol. The molecule has 0 saturated carbocycles. The fraction of sp³-hybridized carbons (Fsp3) is 0.263. The highest BCUT2D eigenvalue weighted by molar-refractivity contribution is 6.33. The summed E-state index contributed by atoms with van der Waals surface area (Å²) in [7, 11) is 0. The molecule has 0 radical (unpaired) electrons. The maximum Gasteiger partial charge on any atom is 0.315 e. The number of nitrogens with zero attached hydrogens (tertiary/aromatic N) is 2. The van der Waals surface area contributed by atoms with Crippen molar-refractivity contribution >= 4 is 34.9 Å². The van der Waals surface area contributed by atoms with Gasteiger partial charge in [-0.1, -0.05) is 23.7 Å². The van der Waals surface area contributed by atoms with Gasteiger partial charge in [-0.05, 0) is 36.2 Å². The van der Waals surface area contributed by atoms with E-state index in [0.717, 1.165) is 12.0 Å². The Hall–Kier alpha value is -3.00. The van der Waals surface area contributed by atoms with Crippen molar-refractivity contribution in [3.05, 3.63) is 58.9 Å². The third-order valence-corrected chi connectivity index (χ3v) is 4.66. The summed E-state index contributed by atoms with van der Waals surface area (Å²) in [6, 6.07) is 10.7. The van der Waals surface area contributed by atoms with E-state index < -0.39 is 11.8 Å². The van der Waals surface area contributed by atoms with Gasteiger partial charge < -0.3 is 16.4 Å². The van der Waals surface area contributed by atoms with E-state index in [4.69, 9.17) is 17.3 Å². The van der Waals surface area contributed by atoms with Crippen LogP contribution in [0.3, 0.4) is 0 Å². The number of anilines is 2. The van der Waals surface area contributed by atoms with Crippen molar-refractivity contribution in [2.45, 2.75) is 13.0 Å². The molecule has 1 saturated heterocycles. The average molecular weight is 406 g/mol. The molecule has 0 unspecified atom stereocenters. The lowest BCUT2D eigenvalue weighted by Gasteiger charge is -2.30. The first-order chi connectivity index (χ1) is 13.4. The Bertz CT molecular complexity index is 862. The topological polar surface area (TPSA) is 90.7 Å². The minimum absolute atomic E-state index is 0.184. The minimum Gasteiger partial charge on any atom is -0.399 e. The van der Waals surface area contributed by atoms with Crippen LogP contribution < -0.4 is 21.4 Å². The molecule has 9 heteroatoms. The number of nitrogens with two attached hydrogens (primary N) is 1. The van der Waals surface area contributed by atoms with Crippen molar-refractivity contribution in [2.75, 3.05) is 30.4 Å². The first kappa shape index (κ1) is 19.8. The number of halogens is 2. The number of nitrogen functional groups attached to an aromatic ring is 1. The Morgan fingerprint density at radius 3 is 2.61 bits per heavy atom. The highest BCUT2D eigenvalue weighted by Crippen LogP contribution is 2.30. The molecule has 4 N–H and O–H groups in total. The largest absolute Gasteiger partial charge is 0.399 e. The van der Waals surface area contributed by atoms with Gasteiger partial charge in [0.2, 0.25) is 0 Å². The molecule has 1 heterocycles. The molecule has 1 aliphatic heterocycles. The summed E-state index contributed by atoms with van der Waals surface area (Å²) in [5, 5.41) is 8.69. The second-order valence-corrected chi connectivity index (χ2v) is 6.77. The summed E-state index contributed by atoms with van der Waals surface area (Å²) in [6.07, 6.45) is 0.724. The van der Waals surface area contributed by atoms with Gasteiger partial charge in [0, 0.05) is 31.4 Å². The quantitative estimate of drug-likeness (QED) is 0.667. The van der Waals surface area contributed by atoms with Gasteiger partial charge in [-0.3, -0.25) is 14.8 Å². The molecule has 1 fully saturated rings. The Morgan fingerprint density at radius 1 is 1.11 bits per heavy atom. The Kier molecular flexibility index (Phi) is 6.20. The second-order valence-electron chi connectivity index (χ2n) is 6.37. The van der Waals surface area contributed by atoms with Crippen LogP contribution in [0.5, 0.6) is 0 Å². The fourth-order valence-electron chi connectivity index (χ4n) is 2.93. The number of hydrazine groups is 1. The molecule has 7 nitrogen and oxygen atoms in total. The summed E-state index contributed by atoms with van der Waals surface area (Å²) in [5.41, 5.74) is 7.59. The molecule has 2 aromatic rings. The van der Waals surface area contributed by atoms with Crippen LogP contribution in [0.2, 0.25) is 5.02 Å². The molecule has 1 aliphatic rings. The number of urea groups is 1. The number of amides is 3. The standard InChI is InChI=1S/C19H21ClFN5O2/c20-16-7-4-14(21)10-17(16)25-8-1-9-26(25)18(27)12-24-19(28)23-11-13-2-5-15(22)6-3-13/h2-7,10H,1,8-9,11-12,22H2,(H2,23,24,28). The Balaban J connectivity index is 1.52. The van der Waals surface area contributed by atoms with Crippen LogP contribution in [0, 0.1) is 5.82 Å². The van der Waals surface area contributed by atoms with E-state index in [1.54, 1.807) is 17.1 Å². The number of hydrogen-bond acceptors (Lipinski definition) is 4. The van der Waals surface area contributed by atoms with Gasteiger partial charge in [0.15, 0.2) is 0 Å². The normalized spacial score (nSPS) is 13.5. The lowest BCUT2D eigenvalue weighted by Crippen LogP contribution is -2.48. The molecule has 3 amide bonds. The van der Waals surface area contributed by atoms with Gasteiger partial charge in [-0.25, -0.2) is 9.18 Å². The van der Waals surface area contributed by atoms with E-state index >= 15 is 0 Å². The Labute approximate surface area is 167 Å². The second kappa shape index (κ2) is 8.79. The van der Waals surface area contributed by atoms with Gasteiger partial charge in [0.1, 0.15) is 12.4 Å². The lowest BCUT2D eigenvalue weighted by molar-refractivity contribution is -0.129. The molecule has 0 atom stereocenters. The molecule has 148 valence electrons. The molecule has 0 spiro atoms. The molecule has 3 rings (SSSR count). The zero-order valence-corrected chi connectivity index (χ0v) is 15.9. The number of rotatable bonds is 5. The molecular formula is C19H21ClFN5O2. The first-order valence-corrected chi connectivity index (χ1v) is 9.21. The van der Waals surface area contributed by atoms with E-state index in [-0.39, 0.29) is 12.5 Å². The van der Waals surface area contributed by atoms with Gasteiger partial charge in [0.25, 0.3) is 5.91 Å². The van der Waals surface area contributed by atoms with Crippen LogP contribution in [0.4, 0.5) is 20.6 Å². The number of benzene rings is 2. The van der Waals surface area contributed by atoms with Crippen LogP contribution in [0.15, 0.2) is 42.5 Å². The molecular weight excluding hydrogens is 385 g/mol. The number of hydrogen-bond donors (Lipinski definition) is 3. The minimum atomic E-state index is -0.459. The van der Waals surface area contributed by atoms with Crippen molar-refractivity contribution < 1.29 is 14.0 Å². The van der Waals surface area contributed by atoms with Crippen LogP contribution in [-0.2, 0) is 11.3 Å².